The van der Waals surface area contributed by atoms with Gasteiger partial charge >= 0.3 is 17.3 Å². The number of carbonyl (C=O) groups is 2. The Kier molecular flexibility index (Phi) is 10.3. The number of halogens is 1. The van der Waals surface area contributed by atoms with Crippen molar-refractivity contribution in [1.29, 1.82) is 0 Å². The number of hydrogen-bond donors (Lipinski definition) is 1. The summed E-state index contributed by atoms with van der Waals surface area (Å²) in [6.07, 6.45) is 0. The van der Waals surface area contributed by atoms with Crippen LogP contribution in [0.4, 0.5) is 38.5 Å². The number of amides is 1. The molecule has 1 amide bonds. The molecule has 38 heavy (non-hydrogen) atoms. The SMILES string of the molecule is C=C(C)OCCN(CCOC(C)=O)c1ccc(N=Nc2cc(F)c([N+](=O)[O-])cc2[N+](=O)[O-])c(NC(C)=O)c1. The maximum Gasteiger partial charge on any atom is 0.311 e. The van der Waals surface area contributed by atoms with Gasteiger partial charge < -0.3 is 19.7 Å². The molecule has 0 aliphatic carbocycles. The first kappa shape index (κ1) is 29.3. The molecule has 0 saturated heterocycles. The number of benzene rings is 2. The minimum atomic E-state index is -1.33. The van der Waals surface area contributed by atoms with Crippen LogP contribution in [0.25, 0.3) is 0 Å². The highest BCUT2D eigenvalue weighted by Gasteiger charge is 2.25. The molecule has 0 heterocycles. The molecule has 0 spiro atoms. The average molecular weight is 532 g/mol. The molecule has 2 rings (SSSR count). The number of anilines is 2. The van der Waals surface area contributed by atoms with Gasteiger partial charge in [0.1, 0.15) is 18.9 Å². The first-order chi connectivity index (χ1) is 17.9. The number of nitro benzene ring substituents is 2. The third-order valence-corrected chi connectivity index (χ3v) is 4.74. The Bertz CT molecular complexity index is 1260. The Morgan fingerprint density at radius 1 is 0.974 bits per heavy atom. The zero-order valence-electron chi connectivity index (χ0n) is 20.8. The number of nitro groups is 2. The number of allylic oxidation sites excluding steroid dienone is 1. The largest absolute Gasteiger partial charge is 0.497 e. The molecule has 0 saturated carbocycles. The molecule has 0 aliphatic rings. The number of carbonyl (C=O) groups excluding carboxylic acids is 2. The van der Waals surface area contributed by atoms with E-state index in [0.29, 0.717) is 30.1 Å². The standard InChI is InChI=1S/C23H25FN6O8/c1-14(2)37-9-7-28(8-10-38-16(4)32)17-5-6-19(20(11-17)25-15(3)31)26-27-21-12-18(24)22(29(33)34)13-23(21)30(35)36/h5-6,11-13H,1,7-10H2,2-4H3,(H,25,31). The Hall–Kier alpha value is -4.95. The van der Waals surface area contributed by atoms with Gasteiger partial charge in [0.15, 0.2) is 5.69 Å². The second-order valence-corrected chi connectivity index (χ2v) is 7.77. The van der Waals surface area contributed by atoms with E-state index in [-0.39, 0.29) is 31.1 Å². The quantitative estimate of drug-likeness (QED) is 0.123. The summed E-state index contributed by atoms with van der Waals surface area (Å²) in [5.41, 5.74) is -1.65. The van der Waals surface area contributed by atoms with Crippen LogP contribution in [0, 0.1) is 26.0 Å². The Balaban J connectivity index is 2.46. The number of hydrogen-bond acceptors (Lipinski definition) is 11. The van der Waals surface area contributed by atoms with Crippen LogP contribution < -0.4 is 10.2 Å². The van der Waals surface area contributed by atoms with Crippen LogP contribution in [0.1, 0.15) is 20.8 Å². The van der Waals surface area contributed by atoms with Crippen LogP contribution in [0.5, 0.6) is 0 Å². The molecule has 15 heteroatoms. The van der Waals surface area contributed by atoms with Crippen molar-refractivity contribution in [2.24, 2.45) is 10.2 Å². The molecule has 2 aromatic rings. The Morgan fingerprint density at radius 3 is 2.13 bits per heavy atom. The minimum Gasteiger partial charge on any atom is -0.497 e. The second kappa shape index (κ2) is 13.4. The highest BCUT2D eigenvalue weighted by Crippen LogP contribution is 2.36. The molecule has 0 atom stereocenters. The van der Waals surface area contributed by atoms with Gasteiger partial charge in [0, 0.05) is 25.6 Å². The van der Waals surface area contributed by atoms with Gasteiger partial charge in [0.2, 0.25) is 11.7 Å². The molecule has 0 fully saturated rings. The second-order valence-electron chi connectivity index (χ2n) is 7.77. The molecule has 0 aromatic heterocycles. The Morgan fingerprint density at radius 2 is 1.58 bits per heavy atom. The van der Waals surface area contributed by atoms with Crippen LogP contribution in [0.3, 0.4) is 0 Å². The first-order valence-electron chi connectivity index (χ1n) is 11.0. The van der Waals surface area contributed by atoms with Crippen molar-refractivity contribution in [1.82, 2.24) is 0 Å². The van der Waals surface area contributed by atoms with Gasteiger partial charge in [-0.3, -0.25) is 29.8 Å². The van der Waals surface area contributed by atoms with E-state index in [1.54, 1.807) is 19.1 Å². The molecular formula is C23H25FN6O8. The summed E-state index contributed by atoms with van der Waals surface area (Å²) in [6.45, 7) is 8.89. The molecule has 14 nitrogen and oxygen atoms in total. The van der Waals surface area contributed by atoms with Gasteiger partial charge in [0.25, 0.3) is 0 Å². The summed E-state index contributed by atoms with van der Waals surface area (Å²) in [4.78, 5) is 45.0. The number of ether oxygens (including phenoxy) is 2. The van der Waals surface area contributed by atoms with Crippen LogP contribution in [0.15, 0.2) is 52.9 Å². The summed E-state index contributed by atoms with van der Waals surface area (Å²) in [5, 5.41) is 32.5. The Labute approximate surface area is 216 Å². The summed E-state index contributed by atoms with van der Waals surface area (Å²) in [5.74, 6) is -1.72. The van der Waals surface area contributed by atoms with Crippen LogP contribution in [-0.4, -0.2) is 48.0 Å². The summed E-state index contributed by atoms with van der Waals surface area (Å²) in [6, 6.07) is 5.60. The topological polar surface area (TPSA) is 179 Å². The van der Waals surface area contributed by atoms with Gasteiger partial charge in [-0.05, 0) is 25.1 Å². The monoisotopic (exact) mass is 532 g/mol. The predicted octanol–water partition coefficient (Wildman–Crippen LogP) is 4.94. The van der Waals surface area contributed by atoms with E-state index < -0.39 is 44.6 Å². The number of rotatable bonds is 13. The van der Waals surface area contributed by atoms with Crippen LogP contribution >= 0.6 is 0 Å². The minimum absolute atomic E-state index is 0.0649. The van der Waals surface area contributed by atoms with Crippen LogP contribution in [0.2, 0.25) is 0 Å². The van der Waals surface area contributed by atoms with E-state index in [2.05, 4.69) is 22.1 Å². The van der Waals surface area contributed by atoms with Crippen LogP contribution in [-0.2, 0) is 19.1 Å². The molecule has 0 unspecified atom stereocenters. The van der Waals surface area contributed by atoms with Crippen molar-refractivity contribution < 1.29 is 33.3 Å². The lowest BCUT2D eigenvalue weighted by atomic mass is 10.2. The maximum atomic E-state index is 14.1. The number of nitrogens with one attached hydrogen (secondary N) is 1. The third-order valence-electron chi connectivity index (χ3n) is 4.74. The summed E-state index contributed by atoms with van der Waals surface area (Å²) < 4.78 is 24.5. The average Bonchev–Trinajstić information content (AvgIpc) is 2.81. The lowest BCUT2D eigenvalue weighted by molar-refractivity contribution is -0.395. The van der Waals surface area contributed by atoms with Crippen molar-refractivity contribution >= 4 is 46.0 Å². The molecule has 1 N–H and O–H groups in total. The van der Waals surface area contributed by atoms with Gasteiger partial charge in [0.05, 0.1) is 40.4 Å². The van der Waals surface area contributed by atoms with Gasteiger partial charge in [-0.15, -0.1) is 10.2 Å². The highest BCUT2D eigenvalue weighted by molar-refractivity contribution is 5.93. The van der Waals surface area contributed by atoms with Gasteiger partial charge in [-0.2, -0.15) is 4.39 Å². The highest BCUT2D eigenvalue weighted by atomic mass is 19.1. The van der Waals surface area contributed by atoms with E-state index in [9.17, 15) is 34.2 Å². The number of nitrogens with zero attached hydrogens (tertiary/aromatic N) is 5. The van der Waals surface area contributed by atoms with Crippen molar-refractivity contribution in [2.75, 3.05) is 36.5 Å². The van der Waals surface area contributed by atoms with E-state index in [0.717, 1.165) is 0 Å². The van der Waals surface area contributed by atoms with E-state index in [4.69, 9.17) is 9.47 Å². The van der Waals surface area contributed by atoms with E-state index in [1.807, 2.05) is 4.90 Å². The molecule has 0 radical (unpaired) electrons. The van der Waals surface area contributed by atoms with Crippen molar-refractivity contribution in [2.45, 2.75) is 20.8 Å². The fourth-order valence-corrected chi connectivity index (χ4v) is 3.11. The molecular weight excluding hydrogens is 507 g/mol. The van der Waals surface area contributed by atoms with Crippen molar-refractivity contribution in [3.63, 3.8) is 0 Å². The molecule has 0 bridgehead atoms. The predicted molar refractivity (Wildman–Crippen MR) is 134 cm³/mol. The van der Waals surface area contributed by atoms with Gasteiger partial charge in [-0.1, -0.05) is 6.58 Å². The van der Waals surface area contributed by atoms with Crippen molar-refractivity contribution in [3.8, 4) is 0 Å². The van der Waals surface area contributed by atoms with Crippen molar-refractivity contribution in [3.05, 3.63) is 68.7 Å². The lowest BCUT2D eigenvalue weighted by Crippen LogP contribution is -2.31. The third kappa shape index (κ3) is 8.61. The zero-order valence-corrected chi connectivity index (χ0v) is 20.8. The lowest BCUT2D eigenvalue weighted by Gasteiger charge is -2.25. The smallest absolute Gasteiger partial charge is 0.311 e. The molecule has 202 valence electrons. The number of azo groups is 1. The molecule has 2 aromatic carbocycles. The zero-order chi connectivity index (χ0) is 28.4. The first-order valence-corrected chi connectivity index (χ1v) is 11.0. The number of esters is 1. The fourth-order valence-electron chi connectivity index (χ4n) is 3.11. The summed E-state index contributed by atoms with van der Waals surface area (Å²) in [7, 11) is 0. The van der Waals surface area contributed by atoms with E-state index in [1.165, 1.54) is 19.9 Å². The summed E-state index contributed by atoms with van der Waals surface area (Å²) >= 11 is 0. The molecule has 0 aliphatic heterocycles. The van der Waals surface area contributed by atoms with Gasteiger partial charge in [-0.25, -0.2) is 0 Å². The maximum absolute atomic E-state index is 14.1. The van der Waals surface area contributed by atoms with E-state index >= 15 is 0 Å². The fraction of sp³-hybridized carbons (Fsp3) is 0.304. The normalized spacial score (nSPS) is 10.6.